The Morgan fingerprint density at radius 3 is 2.20 bits per heavy atom. The van der Waals surface area contributed by atoms with Crippen LogP contribution in [0.5, 0.6) is 5.75 Å². The highest BCUT2D eigenvalue weighted by atomic mass is 16.5. The number of carbonyl (C=O) groups excluding carboxylic acids is 1. The van der Waals surface area contributed by atoms with Crippen molar-refractivity contribution >= 4 is 5.97 Å². The van der Waals surface area contributed by atoms with Gasteiger partial charge in [-0.1, -0.05) is 50.2 Å². The van der Waals surface area contributed by atoms with Crippen molar-refractivity contribution in [3.05, 3.63) is 65.2 Å². The van der Waals surface area contributed by atoms with Crippen LogP contribution in [0.3, 0.4) is 0 Å². The lowest BCUT2D eigenvalue weighted by molar-refractivity contribution is -0.255. The van der Waals surface area contributed by atoms with Gasteiger partial charge in [0.15, 0.2) is 0 Å². The van der Waals surface area contributed by atoms with Gasteiger partial charge < -0.3 is 14.6 Å². The summed E-state index contributed by atoms with van der Waals surface area (Å²) in [6.07, 6.45) is 0. The molecule has 2 rings (SSSR count). The molecule has 0 unspecified atom stereocenters. The van der Waals surface area contributed by atoms with Crippen molar-refractivity contribution in [3.8, 4) is 5.75 Å². The Morgan fingerprint density at radius 1 is 1.05 bits per heavy atom. The first kappa shape index (κ1) is 14.1. The van der Waals surface area contributed by atoms with E-state index in [2.05, 4.69) is 0 Å². The minimum atomic E-state index is -1.15. The van der Waals surface area contributed by atoms with Gasteiger partial charge in [-0.05, 0) is 23.3 Å². The zero-order valence-corrected chi connectivity index (χ0v) is 11.8. The third kappa shape index (κ3) is 2.52. The van der Waals surface area contributed by atoms with Gasteiger partial charge in [0.05, 0.1) is 13.1 Å². The second-order valence-electron chi connectivity index (χ2n) is 5.19. The quantitative estimate of drug-likeness (QED) is 0.856. The number of ether oxygens (including phenoxy) is 1. The monoisotopic (exact) mass is 269 g/mol. The fourth-order valence-corrected chi connectivity index (χ4v) is 2.37. The van der Waals surface area contributed by atoms with E-state index in [1.54, 1.807) is 19.2 Å². The molecule has 2 aromatic rings. The summed E-state index contributed by atoms with van der Waals surface area (Å²) in [6, 6.07) is 14.6. The summed E-state index contributed by atoms with van der Waals surface area (Å²) in [5.74, 6) is -0.375. The van der Waals surface area contributed by atoms with E-state index in [0.29, 0.717) is 0 Å². The Kier molecular flexibility index (Phi) is 3.79. The van der Waals surface area contributed by atoms with Gasteiger partial charge in [-0.3, -0.25) is 0 Å². The molecule has 0 atom stereocenters. The average molecular weight is 269 g/mol. The third-order valence-corrected chi connectivity index (χ3v) is 3.63. The molecule has 0 spiro atoms. The lowest BCUT2D eigenvalue weighted by atomic mass is 9.76. The van der Waals surface area contributed by atoms with Gasteiger partial charge in [-0.15, -0.1) is 0 Å². The van der Waals surface area contributed by atoms with Crippen LogP contribution in [-0.4, -0.2) is 13.1 Å². The molecular formula is C17H17O3-. The zero-order valence-electron chi connectivity index (χ0n) is 11.8. The van der Waals surface area contributed by atoms with Crippen LogP contribution in [0.15, 0.2) is 48.5 Å². The Morgan fingerprint density at radius 2 is 1.65 bits per heavy atom. The van der Waals surface area contributed by atoms with Crippen LogP contribution >= 0.6 is 0 Å². The van der Waals surface area contributed by atoms with Crippen molar-refractivity contribution in [2.75, 3.05) is 7.11 Å². The molecule has 0 N–H and O–H groups in total. The fraction of sp³-hybridized carbons (Fsp3) is 0.235. The summed E-state index contributed by atoms with van der Waals surface area (Å²) >= 11 is 0. The van der Waals surface area contributed by atoms with E-state index < -0.39 is 11.4 Å². The summed E-state index contributed by atoms with van der Waals surface area (Å²) in [7, 11) is 1.62. The second kappa shape index (κ2) is 5.37. The Balaban J connectivity index is 2.51. The topological polar surface area (TPSA) is 49.4 Å². The second-order valence-corrected chi connectivity index (χ2v) is 5.19. The number of methoxy groups -OCH3 is 1. The molecule has 3 heteroatoms. The summed E-state index contributed by atoms with van der Waals surface area (Å²) in [4.78, 5) is 11.3. The number of carbonyl (C=O) groups is 1. The minimum absolute atomic E-state index is 0.230. The predicted octanol–water partition coefficient (Wildman–Crippen LogP) is 2.38. The maximum Gasteiger partial charge on any atom is 0.118 e. The van der Waals surface area contributed by atoms with Crippen molar-refractivity contribution in [3.63, 3.8) is 0 Å². The SMILES string of the molecule is COc1ccc(C(C)(C)c2ccccc2C(=O)[O-])cc1. The van der Waals surface area contributed by atoms with E-state index in [0.717, 1.165) is 16.9 Å². The van der Waals surface area contributed by atoms with Crippen LogP contribution in [0, 0.1) is 0 Å². The first-order chi connectivity index (χ1) is 9.46. The first-order valence-corrected chi connectivity index (χ1v) is 6.42. The molecule has 0 aliphatic heterocycles. The molecule has 0 aromatic heterocycles. The molecule has 2 aromatic carbocycles. The molecular weight excluding hydrogens is 252 g/mol. The van der Waals surface area contributed by atoms with Gasteiger partial charge >= 0.3 is 0 Å². The van der Waals surface area contributed by atoms with Gasteiger partial charge in [-0.25, -0.2) is 0 Å². The van der Waals surface area contributed by atoms with Crippen LogP contribution < -0.4 is 9.84 Å². The van der Waals surface area contributed by atoms with Crippen molar-refractivity contribution in [2.24, 2.45) is 0 Å². The number of carboxylic acid groups (broad SMARTS) is 1. The number of carboxylic acids is 1. The standard InChI is InChI=1S/C17H18O3/c1-17(2,12-8-10-13(20-3)11-9-12)15-7-5-4-6-14(15)16(18)19/h4-11H,1-3H3,(H,18,19)/p-1. The number of rotatable bonds is 4. The lowest BCUT2D eigenvalue weighted by Crippen LogP contribution is -2.29. The van der Waals surface area contributed by atoms with E-state index in [4.69, 9.17) is 4.74 Å². The maximum atomic E-state index is 11.3. The molecule has 0 bridgehead atoms. The molecule has 3 nitrogen and oxygen atoms in total. The third-order valence-electron chi connectivity index (χ3n) is 3.63. The van der Waals surface area contributed by atoms with Crippen LogP contribution in [0.2, 0.25) is 0 Å². The molecule has 0 heterocycles. The average Bonchev–Trinajstić information content (AvgIpc) is 2.47. The van der Waals surface area contributed by atoms with Gasteiger partial charge in [-0.2, -0.15) is 0 Å². The van der Waals surface area contributed by atoms with Gasteiger partial charge in [0.2, 0.25) is 0 Å². The van der Waals surface area contributed by atoms with Gasteiger partial charge in [0, 0.05) is 11.0 Å². The van der Waals surface area contributed by atoms with E-state index in [1.807, 2.05) is 50.2 Å². The van der Waals surface area contributed by atoms with Gasteiger partial charge in [0.1, 0.15) is 5.75 Å². The smallest absolute Gasteiger partial charge is 0.118 e. The molecule has 0 aliphatic rings. The first-order valence-electron chi connectivity index (χ1n) is 6.42. The summed E-state index contributed by atoms with van der Waals surface area (Å²) in [5.41, 5.74) is 1.56. The van der Waals surface area contributed by atoms with E-state index in [-0.39, 0.29) is 5.56 Å². The van der Waals surface area contributed by atoms with Crippen molar-refractivity contribution in [1.82, 2.24) is 0 Å². The summed E-state index contributed by atoms with van der Waals surface area (Å²) in [6.45, 7) is 3.99. The van der Waals surface area contributed by atoms with Crippen molar-refractivity contribution < 1.29 is 14.6 Å². The highest BCUT2D eigenvalue weighted by Gasteiger charge is 2.25. The van der Waals surface area contributed by atoms with E-state index in [9.17, 15) is 9.90 Å². The summed E-state index contributed by atoms with van der Waals surface area (Å²) < 4.78 is 5.15. The fourth-order valence-electron chi connectivity index (χ4n) is 2.37. The number of aromatic carboxylic acids is 1. The van der Waals surface area contributed by atoms with Crippen LogP contribution in [0.1, 0.15) is 35.3 Å². The minimum Gasteiger partial charge on any atom is -0.545 e. The van der Waals surface area contributed by atoms with Crippen molar-refractivity contribution in [1.29, 1.82) is 0 Å². The number of benzene rings is 2. The van der Waals surface area contributed by atoms with Crippen LogP contribution in [0.4, 0.5) is 0 Å². The van der Waals surface area contributed by atoms with Gasteiger partial charge in [0.25, 0.3) is 0 Å². The largest absolute Gasteiger partial charge is 0.545 e. The maximum absolute atomic E-state index is 11.3. The molecule has 20 heavy (non-hydrogen) atoms. The molecule has 0 saturated carbocycles. The van der Waals surface area contributed by atoms with Crippen LogP contribution in [0.25, 0.3) is 0 Å². The molecule has 104 valence electrons. The van der Waals surface area contributed by atoms with Crippen LogP contribution in [-0.2, 0) is 5.41 Å². The van der Waals surface area contributed by atoms with Crippen molar-refractivity contribution in [2.45, 2.75) is 19.3 Å². The zero-order chi connectivity index (χ0) is 14.8. The Labute approximate surface area is 118 Å². The summed E-state index contributed by atoms with van der Waals surface area (Å²) in [5, 5.41) is 11.3. The predicted molar refractivity (Wildman–Crippen MR) is 75.9 cm³/mol. The number of hydrogen-bond acceptors (Lipinski definition) is 3. The highest BCUT2D eigenvalue weighted by Crippen LogP contribution is 2.34. The Hall–Kier alpha value is -2.29. The lowest BCUT2D eigenvalue weighted by Gasteiger charge is -2.29. The Bertz CT molecular complexity index is 612. The number of hydrogen-bond donors (Lipinski definition) is 0. The highest BCUT2D eigenvalue weighted by molar-refractivity contribution is 5.88. The molecule has 0 radical (unpaired) electrons. The van der Waals surface area contributed by atoms with E-state index >= 15 is 0 Å². The normalized spacial score (nSPS) is 11.2. The molecule has 0 amide bonds. The molecule has 0 saturated heterocycles. The molecule has 0 fully saturated rings. The van der Waals surface area contributed by atoms with E-state index in [1.165, 1.54) is 0 Å². The molecule has 0 aliphatic carbocycles.